The molecule has 0 aliphatic rings. The second-order valence-electron chi connectivity index (χ2n) is 5.00. The van der Waals surface area contributed by atoms with Crippen LogP contribution < -0.4 is 5.32 Å². The molecule has 0 fully saturated rings. The third kappa shape index (κ3) is 3.13. The standard InChI is InChI=1S/C17H11Cl3N2O/c1-9-8-13(20)10-4-2-7-14(16(10)21-9)22-17(23)15-11(18)5-3-6-12(15)19/h2-8H,1H3,(H,22,23). The van der Waals surface area contributed by atoms with E-state index in [9.17, 15) is 4.79 Å². The van der Waals surface area contributed by atoms with Crippen LogP contribution in [-0.2, 0) is 0 Å². The highest BCUT2D eigenvalue weighted by Gasteiger charge is 2.16. The fourth-order valence-electron chi connectivity index (χ4n) is 2.33. The SMILES string of the molecule is Cc1cc(Cl)c2cccc(NC(=O)c3c(Cl)cccc3Cl)c2n1. The first-order valence-corrected chi connectivity index (χ1v) is 7.92. The van der Waals surface area contributed by atoms with E-state index in [1.165, 1.54) is 0 Å². The van der Waals surface area contributed by atoms with Crippen LogP contribution in [0.5, 0.6) is 0 Å². The smallest absolute Gasteiger partial charge is 0.258 e. The molecule has 23 heavy (non-hydrogen) atoms. The Kier molecular flexibility index (Phi) is 4.44. The highest BCUT2D eigenvalue weighted by Crippen LogP contribution is 2.30. The number of carbonyl (C=O) groups excluding carboxylic acids is 1. The van der Waals surface area contributed by atoms with Gasteiger partial charge in [0.1, 0.15) is 0 Å². The van der Waals surface area contributed by atoms with Crippen molar-refractivity contribution in [3.63, 3.8) is 0 Å². The number of anilines is 1. The van der Waals surface area contributed by atoms with Crippen molar-refractivity contribution in [1.82, 2.24) is 4.98 Å². The minimum Gasteiger partial charge on any atom is -0.320 e. The summed E-state index contributed by atoms with van der Waals surface area (Å²) in [6.07, 6.45) is 0. The number of nitrogens with zero attached hydrogens (tertiary/aromatic N) is 1. The third-order valence-corrected chi connectivity index (χ3v) is 4.30. The maximum atomic E-state index is 12.5. The number of nitrogens with one attached hydrogen (secondary N) is 1. The molecular weight excluding hydrogens is 355 g/mol. The first kappa shape index (κ1) is 16.1. The molecule has 1 aromatic heterocycles. The normalized spacial score (nSPS) is 10.8. The van der Waals surface area contributed by atoms with Gasteiger partial charge in [0.2, 0.25) is 0 Å². The number of pyridine rings is 1. The van der Waals surface area contributed by atoms with Gasteiger partial charge >= 0.3 is 0 Å². The van der Waals surface area contributed by atoms with Crippen LogP contribution in [0.1, 0.15) is 16.1 Å². The van der Waals surface area contributed by atoms with Gasteiger partial charge in [-0.15, -0.1) is 0 Å². The van der Waals surface area contributed by atoms with E-state index in [1.54, 1.807) is 36.4 Å². The van der Waals surface area contributed by atoms with Gasteiger partial charge < -0.3 is 5.32 Å². The van der Waals surface area contributed by atoms with Crippen molar-refractivity contribution in [3.8, 4) is 0 Å². The fourth-order valence-corrected chi connectivity index (χ4v) is 3.21. The molecule has 1 amide bonds. The molecule has 0 unspecified atom stereocenters. The largest absolute Gasteiger partial charge is 0.320 e. The first-order chi connectivity index (χ1) is 11.0. The minimum atomic E-state index is -0.396. The number of aromatic nitrogens is 1. The first-order valence-electron chi connectivity index (χ1n) is 6.78. The van der Waals surface area contributed by atoms with Crippen molar-refractivity contribution >= 4 is 57.3 Å². The monoisotopic (exact) mass is 364 g/mol. The molecule has 1 N–H and O–H groups in total. The van der Waals surface area contributed by atoms with Crippen LogP contribution in [0.25, 0.3) is 10.9 Å². The summed E-state index contributed by atoms with van der Waals surface area (Å²) in [5, 5.41) is 4.73. The summed E-state index contributed by atoms with van der Waals surface area (Å²) in [4.78, 5) is 17.0. The zero-order valence-electron chi connectivity index (χ0n) is 12.0. The van der Waals surface area contributed by atoms with Crippen LogP contribution in [0.15, 0.2) is 42.5 Å². The molecule has 3 nitrogen and oxygen atoms in total. The molecule has 0 radical (unpaired) electrons. The van der Waals surface area contributed by atoms with Crippen LogP contribution in [0, 0.1) is 6.92 Å². The predicted molar refractivity (Wildman–Crippen MR) is 95.9 cm³/mol. The molecule has 3 aromatic rings. The average Bonchev–Trinajstić information content (AvgIpc) is 2.48. The minimum absolute atomic E-state index is 0.228. The van der Waals surface area contributed by atoms with Gasteiger partial charge in [-0.3, -0.25) is 9.78 Å². The second kappa shape index (κ2) is 6.36. The highest BCUT2D eigenvalue weighted by molar-refractivity contribution is 6.40. The number of amides is 1. The fraction of sp³-hybridized carbons (Fsp3) is 0.0588. The molecule has 0 bridgehead atoms. The van der Waals surface area contributed by atoms with Gasteiger partial charge in [-0.1, -0.05) is 53.0 Å². The lowest BCUT2D eigenvalue weighted by Crippen LogP contribution is -2.13. The molecular formula is C17H11Cl3N2O. The Labute approximate surface area is 148 Å². The van der Waals surface area contributed by atoms with Gasteiger partial charge in [0.25, 0.3) is 5.91 Å². The number of para-hydroxylation sites is 1. The molecule has 0 saturated carbocycles. The van der Waals surface area contributed by atoms with E-state index in [1.807, 2.05) is 13.0 Å². The molecule has 0 saturated heterocycles. The number of hydrogen-bond acceptors (Lipinski definition) is 2. The Morgan fingerprint density at radius 1 is 1.00 bits per heavy atom. The lowest BCUT2D eigenvalue weighted by atomic mass is 10.1. The van der Waals surface area contributed by atoms with Crippen molar-refractivity contribution in [2.45, 2.75) is 6.92 Å². The number of benzene rings is 2. The van der Waals surface area contributed by atoms with E-state index < -0.39 is 5.91 Å². The lowest BCUT2D eigenvalue weighted by molar-refractivity contribution is 0.102. The zero-order chi connectivity index (χ0) is 16.6. The van der Waals surface area contributed by atoms with Crippen LogP contribution in [0.3, 0.4) is 0 Å². The molecule has 1 heterocycles. The number of halogens is 3. The molecule has 6 heteroatoms. The molecule has 0 aliphatic carbocycles. The van der Waals surface area contributed by atoms with Crippen LogP contribution >= 0.6 is 34.8 Å². The maximum absolute atomic E-state index is 12.5. The Morgan fingerprint density at radius 3 is 2.35 bits per heavy atom. The van der Waals surface area contributed by atoms with Gasteiger partial charge in [-0.2, -0.15) is 0 Å². The number of carbonyl (C=O) groups is 1. The van der Waals surface area contributed by atoms with Gasteiger partial charge in [0, 0.05) is 11.1 Å². The summed E-state index contributed by atoms with van der Waals surface area (Å²) in [5.74, 6) is -0.396. The summed E-state index contributed by atoms with van der Waals surface area (Å²) in [5.41, 5.74) is 2.16. The van der Waals surface area contributed by atoms with E-state index in [0.717, 1.165) is 11.1 Å². The summed E-state index contributed by atoms with van der Waals surface area (Å²) >= 11 is 18.4. The van der Waals surface area contributed by atoms with E-state index >= 15 is 0 Å². The molecule has 2 aromatic carbocycles. The average molecular weight is 366 g/mol. The van der Waals surface area contributed by atoms with Crippen LogP contribution in [0.4, 0.5) is 5.69 Å². The van der Waals surface area contributed by atoms with Crippen LogP contribution in [0.2, 0.25) is 15.1 Å². The summed E-state index contributed by atoms with van der Waals surface area (Å²) in [6.45, 7) is 1.84. The zero-order valence-corrected chi connectivity index (χ0v) is 14.3. The van der Waals surface area contributed by atoms with E-state index in [2.05, 4.69) is 10.3 Å². The predicted octanol–water partition coefficient (Wildman–Crippen LogP) is 5.76. The lowest BCUT2D eigenvalue weighted by Gasteiger charge is -2.11. The summed E-state index contributed by atoms with van der Waals surface area (Å²) < 4.78 is 0. The van der Waals surface area contributed by atoms with Crippen molar-refractivity contribution in [3.05, 3.63) is 68.8 Å². The van der Waals surface area contributed by atoms with Gasteiger partial charge in [-0.25, -0.2) is 0 Å². The van der Waals surface area contributed by atoms with Gasteiger partial charge in [0.05, 0.1) is 31.8 Å². The summed E-state index contributed by atoms with van der Waals surface area (Å²) in [6, 6.07) is 12.1. The maximum Gasteiger partial charge on any atom is 0.258 e. The molecule has 116 valence electrons. The molecule has 0 atom stereocenters. The topological polar surface area (TPSA) is 42.0 Å². The van der Waals surface area contributed by atoms with E-state index in [-0.39, 0.29) is 15.6 Å². The number of hydrogen-bond donors (Lipinski definition) is 1. The highest BCUT2D eigenvalue weighted by atomic mass is 35.5. The van der Waals surface area contributed by atoms with Crippen molar-refractivity contribution in [2.24, 2.45) is 0 Å². The number of fused-ring (bicyclic) bond motifs is 1. The summed E-state index contributed by atoms with van der Waals surface area (Å²) in [7, 11) is 0. The Hall–Kier alpha value is -1.81. The van der Waals surface area contributed by atoms with E-state index in [0.29, 0.717) is 16.2 Å². The van der Waals surface area contributed by atoms with Crippen molar-refractivity contribution < 1.29 is 4.79 Å². The van der Waals surface area contributed by atoms with E-state index in [4.69, 9.17) is 34.8 Å². The molecule has 3 rings (SSSR count). The number of aryl methyl sites for hydroxylation is 1. The third-order valence-electron chi connectivity index (χ3n) is 3.36. The Balaban J connectivity index is 2.07. The van der Waals surface area contributed by atoms with Crippen molar-refractivity contribution in [1.29, 1.82) is 0 Å². The quantitative estimate of drug-likeness (QED) is 0.627. The number of rotatable bonds is 2. The Morgan fingerprint density at radius 2 is 1.65 bits per heavy atom. The van der Waals surface area contributed by atoms with Gasteiger partial charge in [0.15, 0.2) is 0 Å². The Bertz CT molecular complexity index is 905. The molecule has 0 aliphatic heterocycles. The molecule has 0 spiro atoms. The van der Waals surface area contributed by atoms with Gasteiger partial charge in [-0.05, 0) is 31.2 Å². The van der Waals surface area contributed by atoms with Crippen molar-refractivity contribution in [2.75, 3.05) is 5.32 Å². The second-order valence-corrected chi connectivity index (χ2v) is 6.22. The van der Waals surface area contributed by atoms with Crippen LogP contribution in [-0.4, -0.2) is 10.9 Å².